The topological polar surface area (TPSA) is 30.5 Å². The molecule has 0 aliphatic heterocycles. The molecule has 1 aliphatic carbocycles. The summed E-state index contributed by atoms with van der Waals surface area (Å²) in [6, 6.07) is 8.31. The summed E-state index contributed by atoms with van der Waals surface area (Å²) in [7, 11) is 0. The van der Waals surface area contributed by atoms with Crippen molar-refractivity contribution in [2.45, 2.75) is 64.7 Å². The SMILES string of the molecule is CC(C)Oc1ccc(CNCCOC2CCCCC2)cc1. The number of benzene rings is 1. The van der Waals surface area contributed by atoms with Crippen molar-refractivity contribution in [1.82, 2.24) is 5.32 Å². The van der Waals surface area contributed by atoms with E-state index >= 15 is 0 Å². The van der Waals surface area contributed by atoms with Gasteiger partial charge in [-0.05, 0) is 44.4 Å². The highest BCUT2D eigenvalue weighted by Gasteiger charge is 2.12. The first-order valence-electron chi connectivity index (χ1n) is 8.32. The molecular weight excluding hydrogens is 262 g/mol. The predicted molar refractivity (Wildman–Crippen MR) is 86.7 cm³/mol. The fourth-order valence-electron chi connectivity index (χ4n) is 2.72. The Morgan fingerprint density at radius 3 is 2.48 bits per heavy atom. The summed E-state index contributed by atoms with van der Waals surface area (Å²) in [5, 5.41) is 3.44. The third-order valence-electron chi connectivity index (χ3n) is 3.81. The van der Waals surface area contributed by atoms with Crippen LogP contribution in [0.25, 0.3) is 0 Å². The molecule has 0 heterocycles. The van der Waals surface area contributed by atoms with Crippen LogP contribution in [0.1, 0.15) is 51.5 Å². The molecule has 2 rings (SSSR count). The third-order valence-corrected chi connectivity index (χ3v) is 3.81. The number of nitrogens with one attached hydrogen (secondary N) is 1. The highest BCUT2D eigenvalue weighted by molar-refractivity contribution is 5.27. The lowest BCUT2D eigenvalue weighted by atomic mass is 9.98. The maximum atomic E-state index is 5.90. The van der Waals surface area contributed by atoms with Crippen LogP contribution in [0.2, 0.25) is 0 Å². The van der Waals surface area contributed by atoms with E-state index in [4.69, 9.17) is 9.47 Å². The molecule has 0 saturated heterocycles. The van der Waals surface area contributed by atoms with Gasteiger partial charge in [-0.25, -0.2) is 0 Å². The molecule has 1 aromatic carbocycles. The van der Waals surface area contributed by atoms with Crippen LogP contribution in [0.5, 0.6) is 5.75 Å². The molecule has 0 aromatic heterocycles. The van der Waals surface area contributed by atoms with E-state index in [0.29, 0.717) is 6.10 Å². The Morgan fingerprint density at radius 2 is 1.81 bits per heavy atom. The number of hydrogen-bond donors (Lipinski definition) is 1. The second-order valence-corrected chi connectivity index (χ2v) is 6.12. The molecule has 0 bridgehead atoms. The lowest BCUT2D eigenvalue weighted by molar-refractivity contribution is 0.0302. The van der Waals surface area contributed by atoms with Crippen LogP contribution < -0.4 is 10.1 Å². The zero-order valence-corrected chi connectivity index (χ0v) is 13.4. The van der Waals surface area contributed by atoms with Crippen molar-refractivity contribution < 1.29 is 9.47 Å². The monoisotopic (exact) mass is 291 g/mol. The highest BCUT2D eigenvalue weighted by atomic mass is 16.5. The smallest absolute Gasteiger partial charge is 0.119 e. The Labute approximate surface area is 129 Å². The average Bonchev–Trinajstić information content (AvgIpc) is 2.49. The predicted octanol–water partition coefficient (Wildman–Crippen LogP) is 3.91. The molecule has 1 aliphatic rings. The summed E-state index contributed by atoms with van der Waals surface area (Å²) in [6.07, 6.45) is 7.29. The molecule has 3 nitrogen and oxygen atoms in total. The Hall–Kier alpha value is -1.06. The van der Waals surface area contributed by atoms with Crippen LogP contribution in [-0.4, -0.2) is 25.4 Å². The van der Waals surface area contributed by atoms with Crippen LogP contribution in [0.15, 0.2) is 24.3 Å². The number of ether oxygens (including phenoxy) is 2. The first-order valence-corrected chi connectivity index (χ1v) is 8.32. The van der Waals surface area contributed by atoms with Crippen molar-refractivity contribution in [3.63, 3.8) is 0 Å². The first-order chi connectivity index (χ1) is 10.2. The van der Waals surface area contributed by atoms with Gasteiger partial charge in [-0.2, -0.15) is 0 Å². The maximum Gasteiger partial charge on any atom is 0.119 e. The normalized spacial score (nSPS) is 16.3. The molecule has 0 atom stereocenters. The van der Waals surface area contributed by atoms with Gasteiger partial charge in [0.1, 0.15) is 5.75 Å². The van der Waals surface area contributed by atoms with E-state index in [1.807, 2.05) is 26.0 Å². The van der Waals surface area contributed by atoms with Crippen LogP contribution in [0.4, 0.5) is 0 Å². The molecule has 1 N–H and O–H groups in total. The summed E-state index contributed by atoms with van der Waals surface area (Å²) in [6.45, 7) is 6.71. The van der Waals surface area contributed by atoms with Crippen molar-refractivity contribution in [2.24, 2.45) is 0 Å². The Kier molecular flexibility index (Phi) is 7.04. The molecule has 21 heavy (non-hydrogen) atoms. The quantitative estimate of drug-likeness (QED) is 0.737. The van der Waals surface area contributed by atoms with Gasteiger partial charge in [0.15, 0.2) is 0 Å². The minimum atomic E-state index is 0.228. The van der Waals surface area contributed by atoms with Crippen molar-refractivity contribution in [1.29, 1.82) is 0 Å². The molecule has 1 fully saturated rings. The average molecular weight is 291 g/mol. The fourth-order valence-corrected chi connectivity index (χ4v) is 2.72. The summed E-state index contributed by atoms with van der Waals surface area (Å²) >= 11 is 0. The van der Waals surface area contributed by atoms with Gasteiger partial charge in [-0.1, -0.05) is 31.4 Å². The molecule has 118 valence electrons. The van der Waals surface area contributed by atoms with E-state index in [9.17, 15) is 0 Å². The van der Waals surface area contributed by atoms with E-state index < -0.39 is 0 Å². The zero-order chi connectivity index (χ0) is 14.9. The Balaban J connectivity index is 1.57. The van der Waals surface area contributed by atoms with E-state index in [2.05, 4.69) is 17.4 Å². The van der Waals surface area contributed by atoms with Crippen molar-refractivity contribution in [2.75, 3.05) is 13.2 Å². The molecule has 0 radical (unpaired) electrons. The third kappa shape index (κ3) is 6.49. The zero-order valence-electron chi connectivity index (χ0n) is 13.4. The summed E-state index contributed by atoms with van der Waals surface area (Å²) in [5.74, 6) is 0.939. The van der Waals surface area contributed by atoms with Crippen molar-refractivity contribution in [3.05, 3.63) is 29.8 Å². The van der Waals surface area contributed by atoms with Gasteiger partial charge >= 0.3 is 0 Å². The lowest BCUT2D eigenvalue weighted by Gasteiger charge is -2.22. The van der Waals surface area contributed by atoms with Gasteiger partial charge in [0.05, 0.1) is 18.8 Å². The summed E-state index contributed by atoms with van der Waals surface area (Å²) in [4.78, 5) is 0. The first kappa shape index (κ1) is 16.3. The van der Waals surface area contributed by atoms with Crippen LogP contribution in [0.3, 0.4) is 0 Å². The lowest BCUT2D eigenvalue weighted by Crippen LogP contribution is -2.24. The molecule has 0 amide bonds. The summed E-state index contributed by atoms with van der Waals surface area (Å²) in [5.41, 5.74) is 1.28. The van der Waals surface area contributed by atoms with Crippen molar-refractivity contribution >= 4 is 0 Å². The number of hydrogen-bond acceptors (Lipinski definition) is 3. The van der Waals surface area contributed by atoms with Gasteiger partial charge in [-0.15, -0.1) is 0 Å². The highest BCUT2D eigenvalue weighted by Crippen LogP contribution is 2.19. The molecular formula is C18H29NO2. The largest absolute Gasteiger partial charge is 0.491 e. The van der Waals surface area contributed by atoms with Gasteiger partial charge < -0.3 is 14.8 Å². The Bertz CT molecular complexity index is 383. The molecule has 0 spiro atoms. The summed E-state index contributed by atoms with van der Waals surface area (Å²) < 4.78 is 11.5. The molecule has 1 saturated carbocycles. The van der Waals surface area contributed by atoms with Gasteiger partial charge in [0.2, 0.25) is 0 Å². The van der Waals surface area contributed by atoms with Gasteiger partial charge in [0.25, 0.3) is 0 Å². The standard InChI is InChI=1S/C18H29NO2/c1-15(2)21-18-10-8-16(9-11-18)14-19-12-13-20-17-6-4-3-5-7-17/h8-11,15,17,19H,3-7,12-14H2,1-2H3. The van der Waals surface area contributed by atoms with Crippen LogP contribution in [-0.2, 0) is 11.3 Å². The second-order valence-electron chi connectivity index (χ2n) is 6.12. The van der Waals surface area contributed by atoms with E-state index in [0.717, 1.165) is 25.4 Å². The van der Waals surface area contributed by atoms with Crippen molar-refractivity contribution in [3.8, 4) is 5.75 Å². The van der Waals surface area contributed by atoms with Gasteiger partial charge in [-0.3, -0.25) is 0 Å². The van der Waals surface area contributed by atoms with Gasteiger partial charge in [0, 0.05) is 13.1 Å². The minimum absolute atomic E-state index is 0.228. The molecule has 0 unspecified atom stereocenters. The maximum absolute atomic E-state index is 5.90. The minimum Gasteiger partial charge on any atom is -0.491 e. The van der Waals surface area contributed by atoms with Crippen LogP contribution >= 0.6 is 0 Å². The van der Waals surface area contributed by atoms with E-state index in [-0.39, 0.29) is 6.10 Å². The Morgan fingerprint density at radius 1 is 1.10 bits per heavy atom. The molecule has 1 aromatic rings. The van der Waals surface area contributed by atoms with Crippen LogP contribution in [0, 0.1) is 0 Å². The second kappa shape index (κ2) is 9.06. The van der Waals surface area contributed by atoms with E-state index in [1.54, 1.807) is 0 Å². The number of rotatable bonds is 8. The molecule has 3 heteroatoms. The fraction of sp³-hybridized carbons (Fsp3) is 0.667. The van der Waals surface area contributed by atoms with E-state index in [1.165, 1.54) is 37.7 Å².